The molecule has 188 valence electrons. The van der Waals surface area contributed by atoms with E-state index in [-0.39, 0.29) is 11.9 Å². The number of methoxy groups -OCH3 is 3. The van der Waals surface area contributed by atoms with Gasteiger partial charge in [-0.25, -0.2) is 4.79 Å². The third-order valence-electron chi connectivity index (χ3n) is 7.19. The molecule has 8 nitrogen and oxygen atoms in total. The molecule has 0 aromatic heterocycles. The predicted octanol–water partition coefficient (Wildman–Crippen LogP) is 4.05. The summed E-state index contributed by atoms with van der Waals surface area (Å²) in [6.45, 7) is 2.68. The lowest BCUT2D eigenvalue weighted by molar-refractivity contribution is -0.131. The Kier molecular flexibility index (Phi) is 8.00. The third kappa shape index (κ3) is 5.81. The Bertz CT molecular complexity index is 1040. The Labute approximate surface area is 207 Å². The molecule has 2 saturated heterocycles. The smallest absolute Gasteiger partial charge is 0.321 e. The molecular weight excluding hydrogens is 446 g/mol. The molecule has 4 rings (SSSR count). The Morgan fingerprint density at radius 2 is 1.80 bits per heavy atom. The van der Waals surface area contributed by atoms with Gasteiger partial charge in [0, 0.05) is 44.4 Å². The van der Waals surface area contributed by atoms with E-state index in [2.05, 4.69) is 5.32 Å². The summed E-state index contributed by atoms with van der Waals surface area (Å²) in [6, 6.07) is 13.1. The van der Waals surface area contributed by atoms with Crippen molar-refractivity contribution in [2.75, 3.05) is 52.8 Å². The number of likely N-dealkylation sites (tertiary alicyclic amines) is 2. The molecule has 2 aliphatic heterocycles. The van der Waals surface area contributed by atoms with Crippen molar-refractivity contribution in [2.45, 2.75) is 25.7 Å². The van der Waals surface area contributed by atoms with Crippen LogP contribution < -0.4 is 19.5 Å². The van der Waals surface area contributed by atoms with Gasteiger partial charge in [0.2, 0.25) is 5.91 Å². The molecule has 2 fully saturated rings. The van der Waals surface area contributed by atoms with Crippen molar-refractivity contribution in [3.05, 3.63) is 48.0 Å². The fourth-order valence-corrected chi connectivity index (χ4v) is 5.21. The zero-order valence-corrected chi connectivity index (χ0v) is 20.8. The van der Waals surface area contributed by atoms with Gasteiger partial charge in [-0.2, -0.15) is 0 Å². The van der Waals surface area contributed by atoms with Crippen molar-refractivity contribution in [1.29, 1.82) is 0 Å². The molecule has 2 aromatic carbocycles. The molecule has 0 bridgehead atoms. The van der Waals surface area contributed by atoms with Crippen LogP contribution in [0.2, 0.25) is 0 Å². The van der Waals surface area contributed by atoms with Gasteiger partial charge < -0.3 is 29.3 Å². The number of urea groups is 1. The molecule has 8 heteroatoms. The molecule has 2 aromatic rings. The van der Waals surface area contributed by atoms with E-state index in [0.717, 1.165) is 24.2 Å². The standard InChI is InChI=1S/C27H35N3O5/c1-33-23-8-5-7-22(17-23)28-27(32)30-15-11-20-16-25(31)29(14-12-21(20)18-30)13-10-19-6-4-9-24(34-2)26(19)35-3/h4-9,17,20-21H,10-16,18H2,1-3H3,(H,28,32)/t20-,21+/m1/s1. The summed E-state index contributed by atoms with van der Waals surface area (Å²) >= 11 is 0. The van der Waals surface area contributed by atoms with Gasteiger partial charge in [0.1, 0.15) is 5.75 Å². The number of anilines is 1. The van der Waals surface area contributed by atoms with E-state index in [4.69, 9.17) is 14.2 Å². The average Bonchev–Trinajstić information content (AvgIpc) is 3.04. The van der Waals surface area contributed by atoms with Gasteiger partial charge in [0.25, 0.3) is 0 Å². The summed E-state index contributed by atoms with van der Waals surface area (Å²) in [5.41, 5.74) is 1.74. The number of amides is 3. The van der Waals surface area contributed by atoms with E-state index >= 15 is 0 Å². The SMILES string of the molecule is COc1cccc(NC(=O)N2CC[C@@H]3CC(=O)N(CCc4cccc(OC)c4OC)CC[C@H]3C2)c1. The van der Waals surface area contributed by atoms with Gasteiger partial charge >= 0.3 is 6.03 Å². The molecule has 0 unspecified atom stereocenters. The molecule has 2 atom stereocenters. The lowest BCUT2D eigenvalue weighted by Crippen LogP contribution is -2.45. The molecule has 2 aliphatic rings. The number of para-hydroxylation sites is 1. The van der Waals surface area contributed by atoms with Crippen LogP contribution in [0.25, 0.3) is 0 Å². The minimum Gasteiger partial charge on any atom is -0.497 e. The number of piperidine rings is 1. The normalized spacial score (nSPS) is 20.0. The Hall–Kier alpha value is -3.42. The van der Waals surface area contributed by atoms with Crippen LogP contribution in [-0.2, 0) is 11.2 Å². The number of carbonyl (C=O) groups excluding carboxylic acids is 2. The van der Waals surface area contributed by atoms with Gasteiger partial charge in [-0.05, 0) is 54.9 Å². The highest BCUT2D eigenvalue weighted by atomic mass is 16.5. The number of nitrogens with zero attached hydrogens (tertiary/aromatic N) is 2. The summed E-state index contributed by atoms with van der Waals surface area (Å²) in [5, 5.41) is 2.98. The maximum Gasteiger partial charge on any atom is 0.321 e. The molecule has 0 radical (unpaired) electrons. The summed E-state index contributed by atoms with van der Waals surface area (Å²) in [7, 11) is 4.87. The van der Waals surface area contributed by atoms with Gasteiger partial charge in [-0.1, -0.05) is 18.2 Å². The summed E-state index contributed by atoms with van der Waals surface area (Å²) < 4.78 is 16.2. The number of hydrogen-bond donors (Lipinski definition) is 1. The summed E-state index contributed by atoms with van der Waals surface area (Å²) in [4.78, 5) is 29.8. The molecule has 0 saturated carbocycles. The van der Waals surface area contributed by atoms with Crippen LogP contribution in [0.1, 0.15) is 24.8 Å². The van der Waals surface area contributed by atoms with Crippen molar-refractivity contribution < 1.29 is 23.8 Å². The number of benzene rings is 2. The Balaban J connectivity index is 1.34. The highest BCUT2D eigenvalue weighted by molar-refractivity contribution is 5.89. The number of fused-ring (bicyclic) bond motifs is 1. The maximum atomic E-state index is 13.1. The average molecular weight is 482 g/mol. The van der Waals surface area contributed by atoms with Crippen molar-refractivity contribution in [1.82, 2.24) is 9.80 Å². The monoisotopic (exact) mass is 481 g/mol. The van der Waals surface area contributed by atoms with Crippen molar-refractivity contribution in [3.8, 4) is 17.2 Å². The number of hydrogen-bond acceptors (Lipinski definition) is 5. The Morgan fingerprint density at radius 1 is 1.00 bits per heavy atom. The zero-order chi connectivity index (χ0) is 24.8. The highest BCUT2D eigenvalue weighted by Gasteiger charge is 2.36. The first-order valence-electron chi connectivity index (χ1n) is 12.2. The second-order valence-electron chi connectivity index (χ2n) is 9.19. The van der Waals surface area contributed by atoms with Crippen LogP contribution >= 0.6 is 0 Å². The van der Waals surface area contributed by atoms with Crippen molar-refractivity contribution in [3.63, 3.8) is 0 Å². The fraction of sp³-hybridized carbons (Fsp3) is 0.481. The fourth-order valence-electron chi connectivity index (χ4n) is 5.21. The molecule has 2 heterocycles. The largest absolute Gasteiger partial charge is 0.497 e. The highest BCUT2D eigenvalue weighted by Crippen LogP contribution is 2.34. The molecule has 1 N–H and O–H groups in total. The number of rotatable bonds is 7. The van der Waals surface area contributed by atoms with Gasteiger partial charge in [-0.3, -0.25) is 4.79 Å². The number of carbonyl (C=O) groups is 2. The third-order valence-corrected chi connectivity index (χ3v) is 7.19. The first-order valence-corrected chi connectivity index (χ1v) is 12.2. The number of ether oxygens (including phenoxy) is 3. The summed E-state index contributed by atoms with van der Waals surface area (Å²) in [5.74, 6) is 2.97. The van der Waals surface area contributed by atoms with Crippen LogP contribution in [0.4, 0.5) is 10.5 Å². The minimum atomic E-state index is -0.103. The summed E-state index contributed by atoms with van der Waals surface area (Å²) in [6.07, 6.45) is 3.00. The second kappa shape index (κ2) is 11.3. The van der Waals surface area contributed by atoms with E-state index in [1.54, 1.807) is 21.3 Å². The van der Waals surface area contributed by atoms with Gasteiger partial charge in [0.15, 0.2) is 11.5 Å². The zero-order valence-electron chi connectivity index (χ0n) is 20.8. The van der Waals surface area contributed by atoms with Crippen LogP contribution in [-0.4, -0.2) is 69.2 Å². The van der Waals surface area contributed by atoms with E-state index in [0.29, 0.717) is 68.0 Å². The first-order chi connectivity index (χ1) is 17.0. The van der Waals surface area contributed by atoms with Gasteiger partial charge in [0.05, 0.1) is 21.3 Å². The maximum absolute atomic E-state index is 13.1. The van der Waals surface area contributed by atoms with Crippen LogP contribution in [0.5, 0.6) is 17.2 Å². The predicted molar refractivity (Wildman–Crippen MR) is 134 cm³/mol. The van der Waals surface area contributed by atoms with Crippen LogP contribution in [0.3, 0.4) is 0 Å². The number of nitrogens with one attached hydrogen (secondary N) is 1. The lowest BCUT2D eigenvalue weighted by Gasteiger charge is -2.37. The molecule has 3 amide bonds. The van der Waals surface area contributed by atoms with E-state index in [1.165, 1.54) is 0 Å². The van der Waals surface area contributed by atoms with Crippen LogP contribution in [0.15, 0.2) is 42.5 Å². The van der Waals surface area contributed by atoms with Crippen molar-refractivity contribution >= 4 is 17.6 Å². The first kappa shape index (κ1) is 24.7. The van der Waals surface area contributed by atoms with E-state index in [1.807, 2.05) is 52.3 Å². The van der Waals surface area contributed by atoms with Gasteiger partial charge in [-0.15, -0.1) is 0 Å². The quantitative estimate of drug-likeness (QED) is 0.646. The molecule has 0 spiro atoms. The van der Waals surface area contributed by atoms with Crippen LogP contribution in [0, 0.1) is 11.8 Å². The van der Waals surface area contributed by atoms with Crippen molar-refractivity contribution in [2.24, 2.45) is 11.8 Å². The second-order valence-corrected chi connectivity index (χ2v) is 9.19. The Morgan fingerprint density at radius 3 is 2.57 bits per heavy atom. The topological polar surface area (TPSA) is 80.3 Å². The minimum absolute atomic E-state index is 0.103. The molecule has 35 heavy (non-hydrogen) atoms. The van der Waals surface area contributed by atoms with E-state index < -0.39 is 0 Å². The molecule has 0 aliphatic carbocycles. The van der Waals surface area contributed by atoms with E-state index in [9.17, 15) is 9.59 Å². The molecular formula is C27H35N3O5. The lowest BCUT2D eigenvalue weighted by atomic mass is 9.82.